The van der Waals surface area contributed by atoms with Gasteiger partial charge in [0, 0.05) is 21.6 Å². The average molecular weight is 599 g/mol. The highest BCUT2D eigenvalue weighted by Crippen LogP contribution is 2.42. The molecule has 1 aliphatic rings. The fourth-order valence-corrected chi connectivity index (χ4v) is 6.16. The van der Waals surface area contributed by atoms with E-state index in [2.05, 4.69) is 83.7 Å². The fraction of sp³-hybridized carbons (Fsp3) is 0.308. The summed E-state index contributed by atoms with van der Waals surface area (Å²) in [6.45, 7) is 2.47. The fourth-order valence-electron chi connectivity index (χ4n) is 4.66. The van der Waals surface area contributed by atoms with Crippen molar-refractivity contribution >= 4 is 45.7 Å². The van der Waals surface area contributed by atoms with Crippen LogP contribution < -0.4 is 10.6 Å². The van der Waals surface area contributed by atoms with Gasteiger partial charge in [0.05, 0.1) is 10.9 Å². The number of hydrogen-bond acceptors (Lipinski definition) is 6. The first-order valence-electron chi connectivity index (χ1n) is 11.8. The summed E-state index contributed by atoms with van der Waals surface area (Å²) in [6, 6.07) is 14.9. The SMILES string of the molecule is CC(=O)Nc1cc(-c2cc(C(NCC3CCCC3)c3ccc(I)cc3)c(-c3nnc[nH]3)s2)ccn1. The molecule has 4 aromatic rings. The van der Waals surface area contributed by atoms with Crippen molar-refractivity contribution in [1.82, 2.24) is 25.5 Å². The van der Waals surface area contributed by atoms with Crippen LogP contribution in [0.1, 0.15) is 49.8 Å². The molecule has 1 saturated carbocycles. The summed E-state index contributed by atoms with van der Waals surface area (Å²) >= 11 is 4.01. The minimum absolute atomic E-state index is 0.0225. The third-order valence-corrected chi connectivity index (χ3v) is 8.27. The minimum atomic E-state index is -0.140. The van der Waals surface area contributed by atoms with Crippen molar-refractivity contribution in [2.75, 3.05) is 11.9 Å². The molecule has 3 N–H and O–H groups in total. The molecule has 1 aliphatic carbocycles. The Bertz CT molecular complexity index is 1280. The van der Waals surface area contributed by atoms with Crippen molar-refractivity contribution in [3.63, 3.8) is 0 Å². The van der Waals surface area contributed by atoms with Gasteiger partial charge in [-0.2, -0.15) is 0 Å². The molecule has 5 rings (SSSR count). The van der Waals surface area contributed by atoms with Crippen molar-refractivity contribution in [1.29, 1.82) is 0 Å². The molecule has 0 spiro atoms. The van der Waals surface area contributed by atoms with E-state index < -0.39 is 0 Å². The predicted octanol–water partition coefficient (Wildman–Crippen LogP) is 6.03. The third kappa shape index (κ3) is 5.79. The maximum Gasteiger partial charge on any atom is 0.222 e. The number of halogens is 1. The van der Waals surface area contributed by atoms with Gasteiger partial charge in [0.25, 0.3) is 0 Å². The van der Waals surface area contributed by atoms with E-state index in [0.29, 0.717) is 11.7 Å². The van der Waals surface area contributed by atoms with Crippen LogP contribution in [0.2, 0.25) is 0 Å². The number of nitrogens with one attached hydrogen (secondary N) is 3. The second-order valence-electron chi connectivity index (χ2n) is 8.89. The van der Waals surface area contributed by atoms with Gasteiger partial charge in [0.1, 0.15) is 12.1 Å². The number of carbonyl (C=O) groups is 1. The Balaban J connectivity index is 1.57. The van der Waals surface area contributed by atoms with Gasteiger partial charge in [-0.15, -0.1) is 21.5 Å². The molecule has 9 heteroatoms. The normalized spacial score (nSPS) is 14.8. The predicted molar refractivity (Wildman–Crippen MR) is 148 cm³/mol. The Kier molecular flexibility index (Phi) is 7.54. The summed E-state index contributed by atoms with van der Waals surface area (Å²) in [6.07, 6.45) is 8.57. The van der Waals surface area contributed by atoms with Gasteiger partial charge in [-0.05, 0) is 94.9 Å². The van der Waals surface area contributed by atoms with Crippen LogP contribution in [0.25, 0.3) is 21.1 Å². The first-order valence-corrected chi connectivity index (χ1v) is 13.7. The summed E-state index contributed by atoms with van der Waals surface area (Å²) < 4.78 is 1.21. The van der Waals surface area contributed by atoms with E-state index in [4.69, 9.17) is 0 Å². The summed E-state index contributed by atoms with van der Waals surface area (Å²) in [7, 11) is 0. The lowest BCUT2D eigenvalue weighted by atomic mass is 9.97. The van der Waals surface area contributed by atoms with Crippen molar-refractivity contribution in [2.24, 2.45) is 5.92 Å². The number of aromatic nitrogens is 4. The molecule has 7 nitrogen and oxygen atoms in total. The topological polar surface area (TPSA) is 95.6 Å². The van der Waals surface area contributed by atoms with Crippen LogP contribution in [-0.4, -0.2) is 32.6 Å². The van der Waals surface area contributed by atoms with E-state index in [1.807, 2.05) is 12.1 Å². The molecule has 1 unspecified atom stereocenters. The summed E-state index contributed by atoms with van der Waals surface area (Å²) in [5.41, 5.74) is 3.39. The molecule has 180 valence electrons. The summed E-state index contributed by atoms with van der Waals surface area (Å²) in [5, 5.41) is 15.1. The van der Waals surface area contributed by atoms with Gasteiger partial charge in [-0.3, -0.25) is 4.79 Å². The first-order chi connectivity index (χ1) is 17.1. The van der Waals surface area contributed by atoms with E-state index in [0.717, 1.165) is 27.7 Å². The molecule has 3 heterocycles. The zero-order valence-corrected chi connectivity index (χ0v) is 22.4. The van der Waals surface area contributed by atoms with E-state index in [1.54, 1.807) is 23.9 Å². The molecule has 1 fully saturated rings. The lowest BCUT2D eigenvalue weighted by Gasteiger charge is -2.22. The second-order valence-corrected chi connectivity index (χ2v) is 11.2. The standard InChI is InChI=1S/C26H27IN6OS/c1-16(34)32-23-12-19(10-11-28-23)22-13-21(25(35-22)26-30-15-31-33-26)24(18-6-8-20(27)9-7-18)29-14-17-4-2-3-5-17/h6-13,15,17,24,29H,2-5,14H2,1H3,(H,28,32,34)(H,30,31,33). The Morgan fingerprint density at radius 3 is 2.71 bits per heavy atom. The molecule has 0 saturated heterocycles. The molecular weight excluding hydrogens is 571 g/mol. The maximum absolute atomic E-state index is 11.5. The van der Waals surface area contributed by atoms with Crippen LogP contribution in [0, 0.1) is 9.49 Å². The molecule has 0 radical (unpaired) electrons. The number of pyridine rings is 1. The van der Waals surface area contributed by atoms with E-state index in [9.17, 15) is 4.79 Å². The van der Waals surface area contributed by atoms with Gasteiger partial charge in [-0.25, -0.2) is 4.98 Å². The quantitative estimate of drug-likeness (QED) is 0.216. The number of carbonyl (C=O) groups excluding carboxylic acids is 1. The highest BCUT2D eigenvalue weighted by Gasteiger charge is 2.25. The smallest absolute Gasteiger partial charge is 0.222 e. The Morgan fingerprint density at radius 2 is 2.00 bits per heavy atom. The first kappa shape index (κ1) is 24.1. The van der Waals surface area contributed by atoms with Crippen LogP contribution in [0.5, 0.6) is 0 Å². The number of benzene rings is 1. The van der Waals surface area contributed by atoms with Crippen molar-refractivity contribution in [2.45, 2.75) is 38.6 Å². The second kappa shape index (κ2) is 11.0. The zero-order chi connectivity index (χ0) is 24.2. The van der Waals surface area contributed by atoms with Crippen molar-refractivity contribution in [3.05, 3.63) is 69.7 Å². The Morgan fingerprint density at radius 1 is 1.20 bits per heavy atom. The number of thiophene rings is 1. The molecule has 1 amide bonds. The Hall–Kier alpha value is -2.63. The number of amides is 1. The van der Waals surface area contributed by atoms with E-state index >= 15 is 0 Å². The number of hydrogen-bond donors (Lipinski definition) is 3. The van der Waals surface area contributed by atoms with Gasteiger partial charge >= 0.3 is 0 Å². The lowest BCUT2D eigenvalue weighted by molar-refractivity contribution is -0.114. The van der Waals surface area contributed by atoms with Crippen LogP contribution in [-0.2, 0) is 4.79 Å². The van der Waals surface area contributed by atoms with Crippen LogP contribution in [0.4, 0.5) is 5.82 Å². The molecule has 3 aromatic heterocycles. The van der Waals surface area contributed by atoms with Crippen LogP contribution in [0.15, 0.2) is 55.0 Å². The van der Waals surface area contributed by atoms with Gasteiger partial charge in [0.15, 0.2) is 5.82 Å². The molecular formula is C26H27IN6OS. The van der Waals surface area contributed by atoms with Crippen LogP contribution in [0.3, 0.4) is 0 Å². The van der Waals surface area contributed by atoms with Crippen molar-refractivity contribution < 1.29 is 4.79 Å². The van der Waals surface area contributed by atoms with Gasteiger partial charge in [-0.1, -0.05) is 25.0 Å². The number of rotatable bonds is 8. The minimum Gasteiger partial charge on any atom is -0.327 e. The largest absolute Gasteiger partial charge is 0.327 e. The van der Waals surface area contributed by atoms with E-state index in [1.165, 1.54) is 47.3 Å². The van der Waals surface area contributed by atoms with E-state index in [-0.39, 0.29) is 11.9 Å². The van der Waals surface area contributed by atoms with Crippen molar-refractivity contribution in [3.8, 4) is 21.1 Å². The number of nitrogens with zero attached hydrogens (tertiary/aromatic N) is 3. The van der Waals surface area contributed by atoms with Crippen LogP contribution >= 0.6 is 33.9 Å². The zero-order valence-electron chi connectivity index (χ0n) is 19.4. The van der Waals surface area contributed by atoms with Gasteiger partial charge in [0.2, 0.25) is 5.91 Å². The molecule has 35 heavy (non-hydrogen) atoms. The maximum atomic E-state index is 11.5. The summed E-state index contributed by atoms with van der Waals surface area (Å²) in [4.78, 5) is 21.2. The van der Waals surface area contributed by atoms with Gasteiger partial charge < -0.3 is 15.6 Å². The molecule has 1 aromatic carbocycles. The highest BCUT2D eigenvalue weighted by atomic mass is 127. The lowest BCUT2D eigenvalue weighted by Crippen LogP contribution is -2.27. The third-order valence-electron chi connectivity index (χ3n) is 6.34. The average Bonchev–Trinajstić information content (AvgIpc) is 3.62. The molecule has 0 aliphatic heterocycles. The molecule has 1 atom stereocenters. The Labute approximate surface area is 222 Å². The summed E-state index contributed by atoms with van der Waals surface area (Å²) in [5.74, 6) is 1.87. The molecule has 0 bridgehead atoms. The number of anilines is 1. The monoisotopic (exact) mass is 598 g/mol. The number of H-pyrrole nitrogens is 1. The highest BCUT2D eigenvalue weighted by molar-refractivity contribution is 14.1. The number of aromatic amines is 1.